The molecule has 0 aromatic heterocycles. The van der Waals surface area contributed by atoms with Gasteiger partial charge in [-0.05, 0) is 12.8 Å². The van der Waals surface area contributed by atoms with Crippen molar-refractivity contribution >= 4 is 11.9 Å². The van der Waals surface area contributed by atoms with Crippen LogP contribution in [0.3, 0.4) is 0 Å². The van der Waals surface area contributed by atoms with Crippen LogP contribution in [0, 0.1) is 17.3 Å². The molecule has 3 fully saturated rings. The van der Waals surface area contributed by atoms with Crippen molar-refractivity contribution in [1.82, 2.24) is 5.32 Å². The van der Waals surface area contributed by atoms with Gasteiger partial charge in [-0.3, -0.25) is 9.59 Å². The Bertz CT molecular complexity index is 314. The van der Waals surface area contributed by atoms with Gasteiger partial charge >= 0.3 is 5.97 Å². The summed E-state index contributed by atoms with van der Waals surface area (Å²) in [7, 11) is 1.42. The van der Waals surface area contributed by atoms with Gasteiger partial charge in [0.15, 0.2) is 0 Å². The van der Waals surface area contributed by atoms with Crippen LogP contribution in [-0.2, 0) is 14.3 Å². The van der Waals surface area contributed by atoms with Crippen molar-refractivity contribution in [2.24, 2.45) is 17.3 Å². The first kappa shape index (κ1) is 7.35. The van der Waals surface area contributed by atoms with Crippen LogP contribution in [-0.4, -0.2) is 25.0 Å². The first-order chi connectivity index (χ1) is 6.21. The van der Waals surface area contributed by atoms with Crippen LogP contribution in [0.4, 0.5) is 0 Å². The third kappa shape index (κ3) is 0.577. The zero-order chi connectivity index (χ0) is 9.22. The Labute approximate surface area is 75.6 Å². The summed E-state index contributed by atoms with van der Waals surface area (Å²) in [5, 5.41) is 2.87. The number of ether oxygens (including phenoxy) is 1. The van der Waals surface area contributed by atoms with E-state index in [-0.39, 0.29) is 35.2 Å². The molecule has 1 N–H and O–H groups in total. The standard InChI is InChI=1S/C9H11NO3/c1-13-8(12)9-3-2-4-5(9)6(9)10-7(4)11/h4-6H,2-3H2,1H3,(H,10,11)/t4-,5?,6?,9+/m1/s1. The average Bonchev–Trinajstić information content (AvgIpc) is 2.51. The second kappa shape index (κ2) is 1.89. The predicted octanol–water partition coefficient (Wildman–Crippen LogP) is -0.316. The van der Waals surface area contributed by atoms with Crippen LogP contribution >= 0.6 is 0 Å². The van der Waals surface area contributed by atoms with E-state index in [0.717, 1.165) is 12.8 Å². The number of carbonyl (C=O) groups excluding carboxylic acids is 2. The van der Waals surface area contributed by atoms with E-state index in [9.17, 15) is 9.59 Å². The number of amides is 1. The Morgan fingerprint density at radius 1 is 1.69 bits per heavy atom. The zero-order valence-corrected chi connectivity index (χ0v) is 7.37. The highest BCUT2D eigenvalue weighted by molar-refractivity contribution is 5.94. The molecular formula is C9H11NO3. The van der Waals surface area contributed by atoms with Gasteiger partial charge in [0.25, 0.3) is 0 Å². The lowest BCUT2D eigenvalue weighted by Gasteiger charge is -2.11. The van der Waals surface area contributed by atoms with Crippen molar-refractivity contribution in [2.75, 3.05) is 7.11 Å². The van der Waals surface area contributed by atoms with E-state index in [1.54, 1.807) is 0 Å². The Morgan fingerprint density at radius 3 is 3.08 bits per heavy atom. The largest absolute Gasteiger partial charge is 0.469 e. The van der Waals surface area contributed by atoms with E-state index >= 15 is 0 Å². The normalized spacial score (nSPS) is 49.9. The van der Waals surface area contributed by atoms with Gasteiger partial charge in [-0.25, -0.2) is 0 Å². The summed E-state index contributed by atoms with van der Waals surface area (Å²) in [6.45, 7) is 0. The van der Waals surface area contributed by atoms with Gasteiger partial charge in [0.1, 0.15) is 0 Å². The first-order valence-corrected chi connectivity index (χ1v) is 4.60. The van der Waals surface area contributed by atoms with E-state index in [1.807, 2.05) is 0 Å². The molecule has 4 heteroatoms. The fourth-order valence-electron chi connectivity index (χ4n) is 3.28. The molecule has 2 unspecified atom stereocenters. The van der Waals surface area contributed by atoms with Gasteiger partial charge < -0.3 is 10.1 Å². The molecule has 0 aromatic rings. The van der Waals surface area contributed by atoms with Crippen LogP contribution in [0.25, 0.3) is 0 Å². The lowest BCUT2D eigenvalue weighted by molar-refractivity contribution is -0.148. The number of hydrogen-bond acceptors (Lipinski definition) is 3. The lowest BCUT2D eigenvalue weighted by Crippen LogP contribution is -2.32. The van der Waals surface area contributed by atoms with Crippen molar-refractivity contribution in [3.63, 3.8) is 0 Å². The molecule has 4 nitrogen and oxygen atoms in total. The van der Waals surface area contributed by atoms with E-state index < -0.39 is 0 Å². The van der Waals surface area contributed by atoms with Crippen LogP contribution in [0.2, 0.25) is 0 Å². The molecule has 3 rings (SSSR count). The van der Waals surface area contributed by atoms with E-state index in [4.69, 9.17) is 4.74 Å². The summed E-state index contributed by atoms with van der Waals surface area (Å²) in [6, 6.07) is 0.0891. The topological polar surface area (TPSA) is 55.4 Å². The first-order valence-electron chi connectivity index (χ1n) is 4.60. The number of nitrogens with one attached hydrogen (secondary N) is 1. The Hall–Kier alpha value is -1.06. The van der Waals surface area contributed by atoms with Gasteiger partial charge in [-0.2, -0.15) is 0 Å². The molecule has 2 saturated carbocycles. The molecule has 3 aliphatic rings. The Morgan fingerprint density at radius 2 is 2.46 bits per heavy atom. The maximum atomic E-state index is 11.5. The minimum Gasteiger partial charge on any atom is -0.469 e. The predicted molar refractivity (Wildman–Crippen MR) is 42.6 cm³/mol. The minimum absolute atomic E-state index is 0.0871. The van der Waals surface area contributed by atoms with Crippen LogP contribution in [0.5, 0.6) is 0 Å². The molecule has 1 saturated heterocycles. The molecular weight excluding hydrogens is 170 g/mol. The molecule has 1 heterocycles. The highest BCUT2D eigenvalue weighted by Gasteiger charge is 2.80. The van der Waals surface area contributed by atoms with Crippen LogP contribution in [0.15, 0.2) is 0 Å². The van der Waals surface area contributed by atoms with Crippen molar-refractivity contribution < 1.29 is 14.3 Å². The van der Waals surface area contributed by atoms with Crippen LogP contribution < -0.4 is 5.32 Å². The molecule has 0 aromatic carbocycles. The number of esters is 1. The maximum absolute atomic E-state index is 11.5. The van der Waals surface area contributed by atoms with Crippen LogP contribution in [0.1, 0.15) is 12.8 Å². The quantitative estimate of drug-likeness (QED) is 0.564. The molecule has 70 valence electrons. The van der Waals surface area contributed by atoms with Gasteiger partial charge in [0.05, 0.1) is 18.6 Å². The number of methoxy groups -OCH3 is 1. The highest BCUT2D eigenvalue weighted by atomic mass is 16.5. The van der Waals surface area contributed by atoms with Gasteiger partial charge in [-0.15, -0.1) is 0 Å². The van der Waals surface area contributed by atoms with E-state index in [2.05, 4.69) is 5.32 Å². The Kier molecular flexibility index (Phi) is 1.07. The van der Waals surface area contributed by atoms with Crippen molar-refractivity contribution in [3.8, 4) is 0 Å². The highest BCUT2D eigenvalue weighted by Crippen LogP contribution is 2.69. The smallest absolute Gasteiger partial charge is 0.314 e. The SMILES string of the molecule is COC(=O)[C@]12CC[C@H]3C(=O)NC1C32. The fourth-order valence-corrected chi connectivity index (χ4v) is 3.28. The van der Waals surface area contributed by atoms with Crippen molar-refractivity contribution in [1.29, 1.82) is 0 Å². The molecule has 1 aliphatic heterocycles. The number of hydrogen-bond donors (Lipinski definition) is 1. The Balaban J connectivity index is 1.94. The molecule has 13 heavy (non-hydrogen) atoms. The maximum Gasteiger partial charge on any atom is 0.314 e. The molecule has 0 spiro atoms. The minimum atomic E-state index is -0.326. The summed E-state index contributed by atoms with van der Waals surface area (Å²) in [4.78, 5) is 22.8. The van der Waals surface area contributed by atoms with Gasteiger partial charge in [0.2, 0.25) is 5.91 Å². The summed E-state index contributed by atoms with van der Waals surface area (Å²) in [6.07, 6.45) is 1.67. The number of fused-ring (bicyclic) bond motifs is 1. The summed E-state index contributed by atoms with van der Waals surface area (Å²) in [5.41, 5.74) is -0.326. The third-order valence-electron chi connectivity index (χ3n) is 3.90. The van der Waals surface area contributed by atoms with Gasteiger partial charge in [-0.1, -0.05) is 0 Å². The zero-order valence-electron chi connectivity index (χ0n) is 7.37. The van der Waals surface area contributed by atoms with E-state index in [0.29, 0.717) is 0 Å². The van der Waals surface area contributed by atoms with E-state index in [1.165, 1.54) is 7.11 Å². The average molecular weight is 181 g/mol. The number of piperidine rings is 1. The number of rotatable bonds is 1. The number of carbonyl (C=O) groups is 2. The van der Waals surface area contributed by atoms with Gasteiger partial charge in [0, 0.05) is 11.8 Å². The molecule has 2 aliphatic carbocycles. The molecule has 4 atom stereocenters. The second-order valence-corrected chi connectivity index (χ2v) is 4.19. The second-order valence-electron chi connectivity index (χ2n) is 4.19. The summed E-state index contributed by atoms with van der Waals surface area (Å²) >= 11 is 0. The molecule has 0 radical (unpaired) electrons. The molecule has 0 bridgehead atoms. The molecule has 1 amide bonds. The van der Waals surface area contributed by atoms with Crippen molar-refractivity contribution in [2.45, 2.75) is 18.9 Å². The lowest BCUT2D eigenvalue weighted by atomic mass is 10.0. The van der Waals surface area contributed by atoms with Crippen molar-refractivity contribution in [3.05, 3.63) is 0 Å². The fraction of sp³-hybridized carbons (Fsp3) is 0.778. The monoisotopic (exact) mass is 181 g/mol. The third-order valence-corrected chi connectivity index (χ3v) is 3.90. The summed E-state index contributed by atoms with van der Waals surface area (Å²) < 4.78 is 4.78. The summed E-state index contributed by atoms with van der Waals surface area (Å²) in [5.74, 6) is 0.327.